The molecule has 0 saturated heterocycles. The van der Waals surface area contributed by atoms with Crippen molar-refractivity contribution in [1.29, 1.82) is 0 Å². The van der Waals surface area contributed by atoms with Gasteiger partial charge in [-0.1, -0.05) is 76.9 Å². The third-order valence-electron chi connectivity index (χ3n) is 4.48. The van der Waals surface area contributed by atoms with Crippen LogP contribution in [0, 0.1) is 5.92 Å². The summed E-state index contributed by atoms with van der Waals surface area (Å²) in [5, 5.41) is 0. The summed E-state index contributed by atoms with van der Waals surface area (Å²) >= 11 is 0. The lowest BCUT2D eigenvalue weighted by atomic mass is 9.87. The second kappa shape index (κ2) is 10.6. The average molecular weight is 250 g/mol. The molecule has 0 spiro atoms. The van der Waals surface area contributed by atoms with Crippen LogP contribution in [0.4, 0.5) is 0 Å². The molecule has 0 N–H and O–H groups in total. The minimum atomic E-state index is 0.973. The monoisotopic (exact) mass is 250 g/mol. The Morgan fingerprint density at radius 3 is 2.44 bits per heavy atom. The maximum absolute atomic E-state index is 2.54. The highest BCUT2D eigenvalue weighted by Crippen LogP contribution is 2.28. The van der Waals surface area contributed by atoms with E-state index >= 15 is 0 Å². The van der Waals surface area contributed by atoms with Crippen LogP contribution >= 0.6 is 0 Å². The van der Waals surface area contributed by atoms with Crippen molar-refractivity contribution in [2.45, 2.75) is 97.3 Å². The molecule has 0 bridgehead atoms. The molecule has 1 aliphatic carbocycles. The summed E-state index contributed by atoms with van der Waals surface area (Å²) < 4.78 is 0. The van der Waals surface area contributed by atoms with Crippen LogP contribution in [0.25, 0.3) is 0 Å². The van der Waals surface area contributed by atoms with Crippen LogP contribution < -0.4 is 0 Å². The van der Waals surface area contributed by atoms with E-state index < -0.39 is 0 Å². The molecule has 1 unspecified atom stereocenters. The number of allylic oxidation sites excluding steroid dienone is 2. The maximum atomic E-state index is 2.54. The second-order valence-corrected chi connectivity index (χ2v) is 6.14. The number of rotatable bonds is 10. The van der Waals surface area contributed by atoms with E-state index in [1.165, 1.54) is 83.5 Å². The van der Waals surface area contributed by atoms with Gasteiger partial charge in [0.25, 0.3) is 0 Å². The van der Waals surface area contributed by atoms with E-state index in [4.69, 9.17) is 0 Å². The quantitative estimate of drug-likeness (QED) is 0.300. The summed E-state index contributed by atoms with van der Waals surface area (Å²) in [7, 11) is 0. The predicted octanol–water partition coefficient (Wildman–Crippen LogP) is 6.65. The molecule has 0 fully saturated rings. The summed E-state index contributed by atoms with van der Waals surface area (Å²) in [6.07, 6.45) is 21.1. The van der Waals surface area contributed by atoms with Crippen LogP contribution in [0.15, 0.2) is 11.6 Å². The van der Waals surface area contributed by atoms with Crippen molar-refractivity contribution in [1.82, 2.24) is 0 Å². The Labute approximate surface area is 115 Å². The highest BCUT2D eigenvalue weighted by atomic mass is 14.2. The van der Waals surface area contributed by atoms with Crippen LogP contribution in [0.3, 0.4) is 0 Å². The zero-order chi connectivity index (χ0) is 13.1. The SMILES string of the molecule is CCCCCCCCC(CC)CC1=CCCCC1. The summed E-state index contributed by atoms with van der Waals surface area (Å²) in [6.45, 7) is 4.68. The number of hydrogen-bond acceptors (Lipinski definition) is 0. The smallest absolute Gasteiger partial charge is 0.0292 e. The van der Waals surface area contributed by atoms with Crippen molar-refractivity contribution in [2.75, 3.05) is 0 Å². The van der Waals surface area contributed by atoms with E-state index in [1.807, 2.05) is 0 Å². The van der Waals surface area contributed by atoms with E-state index in [1.54, 1.807) is 5.57 Å². The Morgan fingerprint density at radius 2 is 1.78 bits per heavy atom. The molecule has 0 heterocycles. The molecular formula is C18H34. The highest BCUT2D eigenvalue weighted by molar-refractivity contribution is 5.05. The van der Waals surface area contributed by atoms with Crippen molar-refractivity contribution in [3.05, 3.63) is 11.6 Å². The molecule has 0 radical (unpaired) electrons. The molecular weight excluding hydrogens is 216 g/mol. The van der Waals surface area contributed by atoms with Gasteiger partial charge in [-0.2, -0.15) is 0 Å². The van der Waals surface area contributed by atoms with Gasteiger partial charge in [0.15, 0.2) is 0 Å². The normalized spacial score (nSPS) is 17.6. The first kappa shape index (κ1) is 15.8. The maximum Gasteiger partial charge on any atom is -0.0292 e. The molecule has 0 aromatic heterocycles. The third-order valence-corrected chi connectivity index (χ3v) is 4.48. The Hall–Kier alpha value is -0.260. The van der Waals surface area contributed by atoms with Gasteiger partial charge in [-0.05, 0) is 38.0 Å². The Morgan fingerprint density at radius 1 is 1.00 bits per heavy atom. The largest absolute Gasteiger partial charge is 0.0853 e. The molecule has 0 saturated carbocycles. The summed E-state index contributed by atoms with van der Waals surface area (Å²) in [4.78, 5) is 0. The molecule has 0 heteroatoms. The molecule has 0 aromatic carbocycles. The molecule has 0 amide bonds. The van der Waals surface area contributed by atoms with Gasteiger partial charge in [0.2, 0.25) is 0 Å². The molecule has 1 atom stereocenters. The first-order valence-corrected chi connectivity index (χ1v) is 8.54. The fraction of sp³-hybridized carbons (Fsp3) is 0.889. The molecule has 0 aliphatic heterocycles. The number of unbranched alkanes of at least 4 members (excludes halogenated alkanes) is 5. The second-order valence-electron chi connectivity index (χ2n) is 6.14. The minimum Gasteiger partial charge on any atom is -0.0853 e. The van der Waals surface area contributed by atoms with Crippen molar-refractivity contribution in [3.63, 3.8) is 0 Å². The molecule has 0 nitrogen and oxygen atoms in total. The summed E-state index contributed by atoms with van der Waals surface area (Å²) in [5.41, 5.74) is 1.78. The zero-order valence-corrected chi connectivity index (χ0v) is 12.8. The van der Waals surface area contributed by atoms with E-state index in [-0.39, 0.29) is 0 Å². The van der Waals surface area contributed by atoms with Crippen molar-refractivity contribution in [2.24, 2.45) is 5.92 Å². The van der Waals surface area contributed by atoms with Gasteiger partial charge in [-0.15, -0.1) is 0 Å². The summed E-state index contributed by atoms with van der Waals surface area (Å²) in [6, 6.07) is 0. The van der Waals surface area contributed by atoms with E-state index in [2.05, 4.69) is 19.9 Å². The Balaban J connectivity index is 2.07. The summed E-state index contributed by atoms with van der Waals surface area (Å²) in [5.74, 6) is 0.973. The van der Waals surface area contributed by atoms with Gasteiger partial charge in [0.1, 0.15) is 0 Å². The van der Waals surface area contributed by atoms with Crippen molar-refractivity contribution < 1.29 is 0 Å². The molecule has 0 aromatic rings. The lowest BCUT2D eigenvalue weighted by Crippen LogP contribution is -2.03. The van der Waals surface area contributed by atoms with Gasteiger partial charge in [0, 0.05) is 0 Å². The molecule has 1 aliphatic rings. The first-order chi connectivity index (χ1) is 8.86. The predicted molar refractivity (Wildman–Crippen MR) is 82.9 cm³/mol. The van der Waals surface area contributed by atoms with E-state index in [9.17, 15) is 0 Å². The van der Waals surface area contributed by atoms with E-state index in [0.29, 0.717) is 0 Å². The lowest BCUT2D eigenvalue weighted by Gasteiger charge is -2.19. The standard InChI is InChI=1S/C18H34/c1-3-5-6-7-8-10-13-17(4-2)16-18-14-11-9-12-15-18/h14,17H,3-13,15-16H2,1-2H3. The highest BCUT2D eigenvalue weighted by Gasteiger charge is 2.11. The fourth-order valence-corrected chi connectivity index (χ4v) is 3.12. The van der Waals surface area contributed by atoms with Crippen molar-refractivity contribution in [3.8, 4) is 0 Å². The zero-order valence-electron chi connectivity index (χ0n) is 12.8. The first-order valence-electron chi connectivity index (χ1n) is 8.54. The van der Waals surface area contributed by atoms with Crippen LogP contribution in [-0.4, -0.2) is 0 Å². The van der Waals surface area contributed by atoms with Crippen LogP contribution in [0.5, 0.6) is 0 Å². The van der Waals surface area contributed by atoms with Gasteiger partial charge < -0.3 is 0 Å². The van der Waals surface area contributed by atoms with Crippen LogP contribution in [-0.2, 0) is 0 Å². The van der Waals surface area contributed by atoms with E-state index in [0.717, 1.165) is 5.92 Å². The molecule has 106 valence electrons. The van der Waals surface area contributed by atoms with Gasteiger partial charge in [0.05, 0.1) is 0 Å². The van der Waals surface area contributed by atoms with Crippen LogP contribution in [0.2, 0.25) is 0 Å². The third kappa shape index (κ3) is 7.24. The lowest BCUT2D eigenvalue weighted by molar-refractivity contribution is 0.426. The van der Waals surface area contributed by atoms with Crippen molar-refractivity contribution >= 4 is 0 Å². The Kier molecular flexibility index (Phi) is 9.34. The van der Waals surface area contributed by atoms with Crippen LogP contribution in [0.1, 0.15) is 97.3 Å². The topological polar surface area (TPSA) is 0 Å². The minimum absolute atomic E-state index is 0.973. The number of hydrogen-bond donors (Lipinski definition) is 0. The molecule has 1 rings (SSSR count). The van der Waals surface area contributed by atoms with Gasteiger partial charge in [-0.25, -0.2) is 0 Å². The Bertz CT molecular complexity index is 214. The average Bonchev–Trinajstić information content (AvgIpc) is 2.42. The fourth-order valence-electron chi connectivity index (χ4n) is 3.12. The molecule has 18 heavy (non-hydrogen) atoms. The van der Waals surface area contributed by atoms with Gasteiger partial charge >= 0.3 is 0 Å². The van der Waals surface area contributed by atoms with Gasteiger partial charge in [-0.3, -0.25) is 0 Å².